The third-order valence-corrected chi connectivity index (χ3v) is 9.91. The monoisotopic (exact) mass is 667 g/mol. The van der Waals surface area contributed by atoms with Crippen molar-refractivity contribution >= 4 is 60.5 Å². The van der Waals surface area contributed by atoms with Gasteiger partial charge < -0.3 is 9.32 Å². The van der Waals surface area contributed by atoms with Crippen molar-refractivity contribution in [2.45, 2.75) is 0 Å². The van der Waals surface area contributed by atoms with E-state index < -0.39 is 0 Å². The van der Waals surface area contributed by atoms with Crippen molar-refractivity contribution in [1.82, 2.24) is 0 Å². The van der Waals surface area contributed by atoms with Gasteiger partial charge in [0.1, 0.15) is 11.2 Å². The number of furan rings is 1. The van der Waals surface area contributed by atoms with Crippen molar-refractivity contribution in [2.24, 2.45) is 0 Å². The molecular weight excluding hydrogens is 631 g/mol. The van der Waals surface area contributed by atoms with Crippen LogP contribution in [0.1, 0.15) is 5.48 Å². The van der Waals surface area contributed by atoms with E-state index in [0.717, 1.165) is 65.7 Å². The van der Waals surface area contributed by atoms with E-state index in [0.29, 0.717) is 16.9 Å². The minimum absolute atomic E-state index is 0.0921. The lowest BCUT2D eigenvalue weighted by Crippen LogP contribution is -2.10. The third kappa shape index (κ3) is 5.21. The second-order valence-corrected chi connectivity index (χ2v) is 13.0. The molecule has 0 atom stereocenters. The highest BCUT2D eigenvalue weighted by Gasteiger charge is 2.17. The van der Waals surface area contributed by atoms with Crippen LogP contribution in [0, 0.1) is 0 Å². The number of benzene rings is 9. The zero-order valence-corrected chi connectivity index (χ0v) is 28.1. The topological polar surface area (TPSA) is 16.4 Å². The maximum Gasteiger partial charge on any atom is 0.143 e. The van der Waals surface area contributed by atoms with Crippen molar-refractivity contribution in [2.75, 3.05) is 4.90 Å². The Morgan fingerprint density at radius 3 is 1.90 bits per heavy atom. The van der Waals surface area contributed by atoms with Gasteiger partial charge in [0.25, 0.3) is 0 Å². The van der Waals surface area contributed by atoms with Gasteiger partial charge in [0.2, 0.25) is 0 Å². The first kappa shape index (κ1) is 26.0. The minimum atomic E-state index is -0.119. The molecule has 9 aromatic carbocycles. The molecule has 0 amide bonds. The van der Waals surface area contributed by atoms with Gasteiger partial charge in [-0.2, -0.15) is 0 Å². The lowest BCUT2D eigenvalue weighted by atomic mass is 9.97. The fourth-order valence-electron chi connectivity index (χ4n) is 7.35. The predicted octanol–water partition coefficient (Wildman–Crippen LogP) is 14.4. The molecule has 0 aliphatic heterocycles. The SMILES string of the molecule is [2H]c1c([2H])c(N(c2ccc(-c3cccc4oc5c6ccccc6ccc5c34)cc2)c2cccc(-c3ccc4ccccc4c3)c2)c([2H])c([2H])c1-c1ccccc1. The first-order valence-corrected chi connectivity index (χ1v) is 17.4. The van der Waals surface area contributed by atoms with Gasteiger partial charge >= 0.3 is 0 Å². The van der Waals surface area contributed by atoms with E-state index in [9.17, 15) is 5.48 Å². The molecule has 0 spiro atoms. The van der Waals surface area contributed by atoms with E-state index in [4.69, 9.17) is 4.42 Å². The van der Waals surface area contributed by atoms with Crippen molar-refractivity contribution < 1.29 is 9.90 Å². The maximum absolute atomic E-state index is 9.40. The number of nitrogens with zero attached hydrogens (tertiary/aromatic N) is 1. The Labute approximate surface area is 308 Å². The van der Waals surface area contributed by atoms with Crippen molar-refractivity contribution in [3.05, 3.63) is 200 Å². The Kier molecular flexibility index (Phi) is 6.22. The fourth-order valence-corrected chi connectivity index (χ4v) is 7.35. The van der Waals surface area contributed by atoms with Gasteiger partial charge in [-0.25, -0.2) is 0 Å². The van der Waals surface area contributed by atoms with Crippen molar-refractivity contribution in [3.63, 3.8) is 0 Å². The number of rotatable bonds is 6. The Balaban J connectivity index is 1.14. The van der Waals surface area contributed by atoms with Crippen LogP contribution in [0.15, 0.2) is 205 Å². The summed E-state index contributed by atoms with van der Waals surface area (Å²) in [6.07, 6.45) is 0. The molecule has 2 nitrogen and oxygen atoms in total. The summed E-state index contributed by atoms with van der Waals surface area (Å²) in [5.74, 6) is 0. The Morgan fingerprint density at radius 1 is 0.385 bits per heavy atom. The summed E-state index contributed by atoms with van der Waals surface area (Å²) < 4.78 is 43.6. The van der Waals surface area contributed by atoms with Crippen LogP contribution in [0.5, 0.6) is 0 Å². The van der Waals surface area contributed by atoms with E-state index in [1.807, 2.05) is 95.9 Å². The van der Waals surface area contributed by atoms with Crippen molar-refractivity contribution in [3.8, 4) is 33.4 Å². The smallest absolute Gasteiger partial charge is 0.143 e. The molecule has 0 saturated carbocycles. The van der Waals surface area contributed by atoms with Crippen LogP contribution in [-0.2, 0) is 0 Å². The highest BCUT2D eigenvalue weighted by Crippen LogP contribution is 2.42. The molecule has 244 valence electrons. The summed E-state index contributed by atoms with van der Waals surface area (Å²) in [4.78, 5) is 1.85. The predicted molar refractivity (Wildman–Crippen MR) is 220 cm³/mol. The van der Waals surface area contributed by atoms with E-state index in [-0.39, 0.29) is 35.4 Å². The molecule has 10 rings (SSSR count). The van der Waals surface area contributed by atoms with E-state index in [1.54, 1.807) is 0 Å². The number of hydrogen-bond donors (Lipinski definition) is 0. The van der Waals surface area contributed by atoms with Crippen LogP contribution >= 0.6 is 0 Å². The van der Waals surface area contributed by atoms with Gasteiger partial charge in [-0.3, -0.25) is 0 Å². The second kappa shape index (κ2) is 12.5. The first-order chi connectivity index (χ1) is 27.4. The fraction of sp³-hybridized carbons (Fsp3) is 0. The molecule has 10 aromatic rings. The molecule has 52 heavy (non-hydrogen) atoms. The standard InChI is InChI=1S/C50H33NO/c1-2-10-34(11-3-1)36-22-27-42(28-23-36)51(44-16-8-15-40(33-44)41-21-20-35-12-4-5-14-39(35)32-41)43-29-24-38(25-30-43)45-18-9-19-48-49(45)47-31-26-37-13-6-7-17-46(37)50(47)52-48/h1-33H/i22D,23D,27D,28D. The molecule has 1 aromatic heterocycles. The molecule has 1 heterocycles. The Hall–Kier alpha value is -6.90. The van der Waals surface area contributed by atoms with Gasteiger partial charge in [-0.1, -0.05) is 146 Å². The summed E-state index contributed by atoms with van der Waals surface area (Å²) in [5, 5.41) is 6.57. The van der Waals surface area contributed by atoms with E-state index in [1.165, 1.54) is 0 Å². The van der Waals surface area contributed by atoms with Gasteiger partial charge in [0.05, 0.1) is 5.48 Å². The lowest BCUT2D eigenvalue weighted by Gasteiger charge is -2.26. The molecule has 2 heteroatoms. The summed E-state index contributed by atoms with van der Waals surface area (Å²) in [6, 6.07) is 58.2. The molecule has 0 aliphatic rings. The normalized spacial score (nSPS) is 12.5. The first-order valence-electron chi connectivity index (χ1n) is 19.4. The summed E-state index contributed by atoms with van der Waals surface area (Å²) >= 11 is 0. The molecule has 0 fully saturated rings. The summed E-state index contributed by atoms with van der Waals surface area (Å²) in [6.45, 7) is 0. The molecule has 0 bridgehead atoms. The molecule has 0 aliphatic carbocycles. The lowest BCUT2D eigenvalue weighted by molar-refractivity contribution is 0.673. The van der Waals surface area contributed by atoms with Crippen LogP contribution in [0.3, 0.4) is 0 Å². The summed E-state index contributed by atoms with van der Waals surface area (Å²) in [7, 11) is 0. The largest absolute Gasteiger partial charge is 0.455 e. The highest BCUT2D eigenvalue weighted by atomic mass is 16.3. The van der Waals surface area contributed by atoms with Gasteiger partial charge in [0.15, 0.2) is 0 Å². The number of fused-ring (bicyclic) bond motifs is 6. The van der Waals surface area contributed by atoms with Crippen LogP contribution in [0.4, 0.5) is 17.1 Å². The molecule has 0 N–H and O–H groups in total. The molecular formula is C50H33NO. The van der Waals surface area contributed by atoms with Crippen LogP contribution in [0.25, 0.3) is 76.9 Å². The van der Waals surface area contributed by atoms with Gasteiger partial charge in [0, 0.05) is 33.2 Å². The van der Waals surface area contributed by atoms with Gasteiger partial charge in [-0.05, 0) is 104 Å². The zero-order valence-electron chi connectivity index (χ0n) is 32.1. The maximum atomic E-state index is 9.40. The minimum Gasteiger partial charge on any atom is -0.455 e. The molecule has 0 saturated heterocycles. The quantitative estimate of drug-likeness (QED) is 0.175. The molecule has 0 unspecified atom stereocenters. The van der Waals surface area contributed by atoms with Crippen LogP contribution < -0.4 is 4.90 Å². The second-order valence-electron chi connectivity index (χ2n) is 13.0. The zero-order chi connectivity index (χ0) is 37.9. The number of anilines is 3. The molecule has 0 radical (unpaired) electrons. The van der Waals surface area contributed by atoms with Crippen molar-refractivity contribution in [1.29, 1.82) is 0 Å². The van der Waals surface area contributed by atoms with Crippen LogP contribution in [-0.4, -0.2) is 0 Å². The average molecular weight is 668 g/mol. The van der Waals surface area contributed by atoms with E-state index >= 15 is 0 Å². The summed E-state index contributed by atoms with van der Waals surface area (Å²) in [5.41, 5.74) is 8.21. The average Bonchev–Trinajstić information content (AvgIpc) is 3.65. The number of hydrogen-bond acceptors (Lipinski definition) is 2. The van der Waals surface area contributed by atoms with Gasteiger partial charge in [-0.15, -0.1) is 0 Å². The highest BCUT2D eigenvalue weighted by molar-refractivity contribution is 6.19. The van der Waals surface area contributed by atoms with E-state index in [2.05, 4.69) is 84.9 Å². The Morgan fingerprint density at radius 2 is 1.06 bits per heavy atom. The third-order valence-electron chi connectivity index (χ3n) is 9.91. The van der Waals surface area contributed by atoms with Crippen LogP contribution in [0.2, 0.25) is 0 Å². The Bertz CT molecular complexity index is 3110.